The molecule has 0 fully saturated rings. The smallest absolute Gasteiger partial charge is 1.00 e. The van der Waals surface area contributed by atoms with Gasteiger partial charge < -0.3 is 0 Å². The zero-order valence-electron chi connectivity index (χ0n) is 8.36. The second-order valence-corrected chi connectivity index (χ2v) is 5.34. The van der Waals surface area contributed by atoms with E-state index in [9.17, 15) is 23.1 Å². The van der Waals surface area contributed by atoms with Crippen molar-refractivity contribution in [2.45, 2.75) is 0 Å². The van der Waals surface area contributed by atoms with Crippen molar-refractivity contribution in [2.75, 3.05) is 0 Å². The van der Waals surface area contributed by atoms with Gasteiger partial charge in [0.2, 0.25) is 0 Å². The summed E-state index contributed by atoms with van der Waals surface area (Å²) < 4.78 is 37.0. The molecule has 0 unspecified atom stereocenters. The van der Waals surface area contributed by atoms with Gasteiger partial charge >= 0.3 is 120 Å². The predicted molar refractivity (Wildman–Crippen MR) is 48.8 cm³/mol. The molecule has 0 aliphatic rings. The van der Waals surface area contributed by atoms with Crippen molar-refractivity contribution in [1.82, 2.24) is 0 Å². The summed E-state index contributed by atoms with van der Waals surface area (Å²) in [6, 6.07) is 0. The Morgan fingerprint density at radius 2 is 1.56 bits per heavy atom. The van der Waals surface area contributed by atoms with Crippen LogP contribution in [0, 0.1) is 21.3 Å². The van der Waals surface area contributed by atoms with E-state index in [4.69, 9.17) is 10.5 Å². The number of halogens is 2. The van der Waals surface area contributed by atoms with Gasteiger partial charge in [-0.2, -0.15) is 0 Å². The Hall–Kier alpha value is -0.573. The first kappa shape index (κ1) is 19.8. The quantitative estimate of drug-likeness (QED) is 0.178. The van der Waals surface area contributed by atoms with Gasteiger partial charge in [0.05, 0.1) is 0 Å². The van der Waals surface area contributed by atoms with Crippen molar-refractivity contribution in [2.24, 2.45) is 0 Å². The van der Waals surface area contributed by atoms with Crippen molar-refractivity contribution in [3.8, 4) is 10.8 Å². The van der Waals surface area contributed by atoms with E-state index in [-0.39, 0.29) is 18.9 Å². The largest absolute Gasteiger partial charge is 1.00 e. The minimum atomic E-state index is -7.18. The Kier molecular flexibility index (Phi) is 8.53. The number of carbonyl (C=O) groups excluding carboxylic acids is 2. The number of aliphatic carboxylic acids is 1. The number of carbonyl (C=O) groups is 2. The van der Waals surface area contributed by atoms with E-state index in [1.165, 1.54) is 0 Å². The fraction of sp³-hybridized carbons (Fsp3) is 0. The Balaban J connectivity index is 0. The molecule has 14 heteroatoms. The van der Waals surface area contributed by atoms with Crippen LogP contribution >= 0.6 is 32.0 Å². The Bertz CT molecular complexity index is 403. The SMILES string of the molecule is N#CSOP(F)(F)(OSC#N)OC(=O)C(=O)[O-].[Li+]. The van der Waals surface area contributed by atoms with E-state index in [2.05, 4.69) is 12.5 Å². The van der Waals surface area contributed by atoms with Gasteiger partial charge in [0.25, 0.3) is 0 Å². The summed E-state index contributed by atoms with van der Waals surface area (Å²) in [4.78, 5) is 20.3. The molecule has 0 aromatic rings. The van der Waals surface area contributed by atoms with Crippen LogP contribution in [-0.2, 0) is 22.1 Å². The second kappa shape index (κ2) is 7.77. The third-order valence-corrected chi connectivity index (χ3v) is 3.85. The fourth-order valence-electron chi connectivity index (χ4n) is 0.361. The monoisotopic (exact) mass is 312 g/mol. The van der Waals surface area contributed by atoms with E-state index >= 15 is 0 Å². The first-order valence-corrected chi connectivity index (χ1v) is 6.40. The van der Waals surface area contributed by atoms with Gasteiger partial charge in [-0.1, -0.05) is 0 Å². The molecule has 0 saturated carbocycles. The molecule has 18 heavy (non-hydrogen) atoms. The number of carboxylic acids is 1. The third-order valence-electron chi connectivity index (χ3n) is 0.777. The number of thiocyanates is 2. The van der Waals surface area contributed by atoms with Crippen molar-refractivity contribution in [1.29, 1.82) is 10.5 Å². The summed E-state index contributed by atoms with van der Waals surface area (Å²) in [7, 11) is -7.18. The van der Waals surface area contributed by atoms with Crippen LogP contribution in [0.5, 0.6) is 0 Å². The minimum absolute atomic E-state index is 0. The van der Waals surface area contributed by atoms with Crippen LogP contribution in [0.3, 0.4) is 0 Å². The van der Waals surface area contributed by atoms with Crippen molar-refractivity contribution in [3.05, 3.63) is 0 Å². The van der Waals surface area contributed by atoms with E-state index < -0.39 is 43.9 Å². The summed E-state index contributed by atoms with van der Waals surface area (Å²) >= 11 is -1.01. The maximum Gasteiger partial charge on any atom is 1.00 e. The zero-order valence-corrected chi connectivity index (χ0v) is 10.9. The number of nitriles is 2. The van der Waals surface area contributed by atoms with Gasteiger partial charge in [0.1, 0.15) is 0 Å². The summed E-state index contributed by atoms with van der Waals surface area (Å²) in [6.07, 6.45) is 0. The molecule has 0 radical (unpaired) electrons. The van der Waals surface area contributed by atoms with E-state index in [1.54, 1.807) is 0 Å². The normalized spacial score (nSPS) is 11.9. The standard InChI is InChI=1S/C4HF2N2O6PS2.Li/c5-15(6,13-16-1-7,14-17-2-8)12-4(11)3(9)10;/h(H,9,10);/q;+1/p-1. The van der Waals surface area contributed by atoms with Gasteiger partial charge in [-0.25, -0.2) is 0 Å². The predicted octanol–water partition coefficient (Wildman–Crippen LogP) is -2.36. The molecular weight excluding hydrogens is 312 g/mol. The molecule has 0 aromatic heterocycles. The number of hydrogen-bond acceptors (Lipinski definition) is 10. The summed E-state index contributed by atoms with van der Waals surface area (Å²) in [5.74, 6) is -5.02. The van der Waals surface area contributed by atoms with Crippen LogP contribution in [0.25, 0.3) is 0 Å². The molecule has 0 rings (SSSR count). The second-order valence-electron chi connectivity index (χ2n) is 1.87. The first-order valence-electron chi connectivity index (χ1n) is 3.14. The van der Waals surface area contributed by atoms with E-state index in [1.807, 2.05) is 0 Å². The van der Waals surface area contributed by atoms with Gasteiger partial charge in [-0.15, -0.1) is 0 Å². The average Bonchev–Trinajstić information content (AvgIpc) is 2.24. The maximum atomic E-state index is 13.4. The van der Waals surface area contributed by atoms with Gasteiger partial charge in [-0.05, 0) is 0 Å². The van der Waals surface area contributed by atoms with Crippen molar-refractivity contribution in [3.63, 3.8) is 0 Å². The summed E-state index contributed by atoms with van der Waals surface area (Å²) in [5, 5.41) is 28.0. The number of hydrogen-bond donors (Lipinski definition) is 0. The van der Waals surface area contributed by atoms with E-state index in [0.29, 0.717) is 0 Å². The molecule has 8 nitrogen and oxygen atoms in total. The summed E-state index contributed by atoms with van der Waals surface area (Å²) in [6.45, 7) is 0. The Morgan fingerprint density at radius 1 is 1.17 bits per heavy atom. The van der Waals surface area contributed by atoms with Crippen molar-refractivity contribution >= 4 is 43.9 Å². The number of carboxylic acid groups (broad SMARTS) is 1. The minimum Gasteiger partial charge on any atom is 1.00 e. The van der Waals surface area contributed by atoms with Crippen LogP contribution in [0.2, 0.25) is 0 Å². The number of rotatable bonds is 5. The molecule has 0 heterocycles. The molecular formula is C4F2LiN2O6PS2. The Morgan fingerprint density at radius 3 is 1.83 bits per heavy atom. The fourth-order valence-corrected chi connectivity index (χ4v) is 2.47. The van der Waals surface area contributed by atoms with Crippen molar-refractivity contribution < 1.29 is 54.4 Å². The van der Waals surface area contributed by atoms with Crippen LogP contribution in [-0.4, -0.2) is 11.9 Å². The zero-order chi connectivity index (χ0) is 13.6. The van der Waals surface area contributed by atoms with Gasteiger partial charge in [0.15, 0.2) is 0 Å². The number of nitrogens with zero attached hydrogens (tertiary/aromatic N) is 2. The molecule has 0 saturated heterocycles. The molecule has 0 N–H and O–H groups in total. The average molecular weight is 312 g/mol. The topological polar surface area (TPSA) is 132 Å². The molecule has 0 bridgehead atoms. The molecule has 0 spiro atoms. The van der Waals surface area contributed by atoms with Gasteiger partial charge in [-0.3, -0.25) is 0 Å². The van der Waals surface area contributed by atoms with Crippen LogP contribution in [0.1, 0.15) is 0 Å². The van der Waals surface area contributed by atoms with Crippen LogP contribution < -0.4 is 24.0 Å². The van der Waals surface area contributed by atoms with E-state index in [0.717, 1.165) is 10.8 Å². The molecule has 0 amide bonds. The molecule has 0 aliphatic carbocycles. The Labute approximate surface area is 120 Å². The maximum absolute atomic E-state index is 13.4. The summed E-state index contributed by atoms with van der Waals surface area (Å²) in [5.41, 5.74) is 0. The molecule has 0 aromatic carbocycles. The van der Waals surface area contributed by atoms with Crippen LogP contribution in [0.4, 0.5) is 8.39 Å². The third kappa shape index (κ3) is 6.99. The molecule has 0 atom stereocenters. The molecule has 94 valence electrons. The van der Waals surface area contributed by atoms with Gasteiger partial charge in [0, 0.05) is 0 Å². The first-order chi connectivity index (χ1) is 7.73. The van der Waals surface area contributed by atoms with Crippen LogP contribution in [0.15, 0.2) is 0 Å². The molecule has 0 aliphatic heterocycles.